The average Bonchev–Trinajstić information content (AvgIpc) is 2.48. The Kier molecular flexibility index (Phi) is 4.79. The van der Waals surface area contributed by atoms with Crippen LogP contribution in [0.3, 0.4) is 0 Å². The van der Waals surface area contributed by atoms with Gasteiger partial charge in [-0.25, -0.2) is 9.18 Å². The smallest absolute Gasteiger partial charge is 0.340 e. The third kappa shape index (κ3) is 3.52. The molecule has 0 aliphatic heterocycles. The summed E-state index contributed by atoms with van der Waals surface area (Å²) < 4.78 is 18.4. The molecule has 0 N–H and O–H groups in total. The lowest BCUT2D eigenvalue weighted by atomic mass is 10.1. The molecule has 6 heteroatoms. The molecule has 0 spiro atoms. The van der Waals surface area contributed by atoms with Gasteiger partial charge in [0.1, 0.15) is 12.4 Å². The molecule has 0 aliphatic rings. The lowest BCUT2D eigenvalue weighted by Crippen LogP contribution is -2.07. The molecule has 0 saturated carbocycles. The van der Waals surface area contributed by atoms with Crippen molar-refractivity contribution < 1.29 is 13.9 Å². The average molecular weight is 324 g/mol. The molecule has 21 heavy (non-hydrogen) atoms. The van der Waals surface area contributed by atoms with Crippen LogP contribution < -0.4 is 0 Å². The number of benzene rings is 2. The molecule has 0 aliphatic carbocycles. The minimum absolute atomic E-state index is 0.0000293. The molecule has 0 amide bonds. The molecule has 0 fully saturated rings. The zero-order valence-electron chi connectivity index (χ0n) is 10.6. The molecular formula is C15H8Cl2FNO2. The number of halogens is 3. The zero-order chi connectivity index (χ0) is 15.4. The predicted octanol–water partition coefficient (Wildman–Crippen LogP) is 4.36. The van der Waals surface area contributed by atoms with Crippen molar-refractivity contribution >= 4 is 29.2 Å². The summed E-state index contributed by atoms with van der Waals surface area (Å²) >= 11 is 11.4. The van der Waals surface area contributed by atoms with Gasteiger partial charge in [0.15, 0.2) is 0 Å². The van der Waals surface area contributed by atoms with Gasteiger partial charge in [0, 0.05) is 5.56 Å². The SMILES string of the molecule is N#Cc1ccccc1COC(=O)c1cc(F)c(Cl)cc1Cl. The first-order chi connectivity index (χ1) is 10.0. The molecule has 106 valence electrons. The van der Waals surface area contributed by atoms with E-state index in [1.807, 2.05) is 6.07 Å². The maximum Gasteiger partial charge on any atom is 0.340 e. The Morgan fingerprint density at radius 1 is 1.24 bits per heavy atom. The first-order valence-corrected chi connectivity index (χ1v) is 6.58. The van der Waals surface area contributed by atoms with Crippen molar-refractivity contribution in [2.75, 3.05) is 0 Å². The number of esters is 1. The van der Waals surface area contributed by atoms with Gasteiger partial charge in [0.05, 0.1) is 27.2 Å². The largest absolute Gasteiger partial charge is 0.457 e. The number of carbonyl (C=O) groups excluding carboxylic acids is 1. The Labute approximate surface area is 130 Å². The van der Waals surface area contributed by atoms with Crippen molar-refractivity contribution in [2.45, 2.75) is 6.61 Å². The normalized spacial score (nSPS) is 10.0. The van der Waals surface area contributed by atoms with Crippen LogP contribution in [0.1, 0.15) is 21.5 Å². The Hall–Kier alpha value is -2.09. The van der Waals surface area contributed by atoms with Crippen LogP contribution in [0.2, 0.25) is 10.0 Å². The number of ether oxygens (including phenoxy) is 1. The zero-order valence-corrected chi connectivity index (χ0v) is 12.1. The number of nitrogens with zero attached hydrogens (tertiary/aromatic N) is 1. The molecule has 0 heterocycles. The molecule has 0 radical (unpaired) electrons. The van der Waals surface area contributed by atoms with Crippen molar-refractivity contribution in [3.63, 3.8) is 0 Å². The maximum absolute atomic E-state index is 13.4. The number of hydrogen-bond donors (Lipinski definition) is 0. The second-order valence-electron chi connectivity index (χ2n) is 4.09. The van der Waals surface area contributed by atoms with Crippen molar-refractivity contribution in [3.05, 3.63) is 69.0 Å². The van der Waals surface area contributed by atoms with Crippen LogP contribution in [0.5, 0.6) is 0 Å². The summed E-state index contributed by atoms with van der Waals surface area (Å²) in [4.78, 5) is 11.9. The van der Waals surface area contributed by atoms with Crippen molar-refractivity contribution in [1.82, 2.24) is 0 Å². The van der Waals surface area contributed by atoms with E-state index in [1.54, 1.807) is 24.3 Å². The monoisotopic (exact) mass is 323 g/mol. The highest BCUT2D eigenvalue weighted by molar-refractivity contribution is 6.36. The van der Waals surface area contributed by atoms with Gasteiger partial charge in [-0.15, -0.1) is 0 Å². The fourth-order valence-electron chi connectivity index (χ4n) is 1.66. The lowest BCUT2D eigenvalue weighted by Gasteiger charge is -2.08. The summed E-state index contributed by atoms with van der Waals surface area (Å²) in [7, 11) is 0. The highest BCUT2D eigenvalue weighted by atomic mass is 35.5. The van der Waals surface area contributed by atoms with Crippen LogP contribution in [0.15, 0.2) is 36.4 Å². The maximum atomic E-state index is 13.4. The summed E-state index contributed by atoms with van der Waals surface area (Å²) in [5.74, 6) is -1.55. The highest BCUT2D eigenvalue weighted by Gasteiger charge is 2.16. The van der Waals surface area contributed by atoms with E-state index in [4.69, 9.17) is 33.2 Å². The molecule has 0 atom stereocenters. The first kappa shape index (κ1) is 15.3. The van der Waals surface area contributed by atoms with E-state index in [1.165, 1.54) is 0 Å². The summed E-state index contributed by atoms with van der Waals surface area (Å²) in [6.45, 7) is -0.108. The molecule has 2 rings (SSSR count). The molecule has 2 aromatic rings. The van der Waals surface area contributed by atoms with E-state index in [0.717, 1.165) is 12.1 Å². The molecule has 2 aromatic carbocycles. The van der Waals surface area contributed by atoms with Crippen molar-refractivity contribution in [3.8, 4) is 6.07 Å². The van der Waals surface area contributed by atoms with Crippen LogP contribution >= 0.6 is 23.2 Å². The van der Waals surface area contributed by atoms with E-state index < -0.39 is 11.8 Å². The third-order valence-electron chi connectivity index (χ3n) is 2.73. The van der Waals surface area contributed by atoms with Crippen LogP contribution in [0.4, 0.5) is 4.39 Å². The molecule has 3 nitrogen and oxygen atoms in total. The van der Waals surface area contributed by atoms with E-state index in [2.05, 4.69) is 0 Å². The van der Waals surface area contributed by atoms with Gasteiger partial charge in [0.25, 0.3) is 0 Å². The highest BCUT2D eigenvalue weighted by Crippen LogP contribution is 2.25. The fourth-order valence-corrected chi connectivity index (χ4v) is 2.12. The van der Waals surface area contributed by atoms with Gasteiger partial charge in [-0.3, -0.25) is 0 Å². The van der Waals surface area contributed by atoms with Crippen molar-refractivity contribution in [2.24, 2.45) is 0 Å². The Morgan fingerprint density at radius 3 is 2.67 bits per heavy atom. The topological polar surface area (TPSA) is 50.1 Å². The number of nitriles is 1. The Balaban J connectivity index is 2.16. The summed E-state index contributed by atoms with van der Waals surface area (Å²) in [5.41, 5.74) is 0.839. The first-order valence-electron chi connectivity index (χ1n) is 5.82. The second kappa shape index (κ2) is 6.57. The lowest BCUT2D eigenvalue weighted by molar-refractivity contribution is 0.0472. The predicted molar refractivity (Wildman–Crippen MR) is 76.7 cm³/mol. The fraction of sp³-hybridized carbons (Fsp3) is 0.0667. The molecule has 0 aromatic heterocycles. The van der Waals surface area contributed by atoms with Gasteiger partial charge in [-0.05, 0) is 18.2 Å². The van der Waals surface area contributed by atoms with E-state index >= 15 is 0 Å². The molecule has 0 unspecified atom stereocenters. The molecular weight excluding hydrogens is 316 g/mol. The number of carbonyl (C=O) groups is 1. The van der Waals surface area contributed by atoms with Gasteiger partial charge in [0.2, 0.25) is 0 Å². The minimum Gasteiger partial charge on any atom is -0.457 e. The second-order valence-corrected chi connectivity index (χ2v) is 4.91. The standard InChI is InChI=1S/C15H8Cl2FNO2/c16-12-6-13(17)14(18)5-11(12)15(20)21-8-10-4-2-1-3-9(10)7-19/h1-6H,8H2. The molecule has 0 bridgehead atoms. The van der Waals surface area contributed by atoms with Gasteiger partial charge in [-0.1, -0.05) is 41.4 Å². The van der Waals surface area contributed by atoms with Crippen molar-refractivity contribution in [1.29, 1.82) is 5.26 Å². The Bertz CT molecular complexity index is 741. The van der Waals surface area contributed by atoms with Crippen LogP contribution in [-0.2, 0) is 11.3 Å². The minimum atomic E-state index is -0.789. The van der Waals surface area contributed by atoms with Crippen LogP contribution in [-0.4, -0.2) is 5.97 Å². The number of hydrogen-bond acceptors (Lipinski definition) is 3. The van der Waals surface area contributed by atoms with E-state index in [0.29, 0.717) is 11.1 Å². The summed E-state index contributed by atoms with van der Waals surface area (Å²) in [5, 5.41) is 8.76. The van der Waals surface area contributed by atoms with Gasteiger partial charge in [-0.2, -0.15) is 5.26 Å². The summed E-state index contributed by atoms with van der Waals surface area (Å²) in [6.07, 6.45) is 0. The van der Waals surface area contributed by atoms with Crippen LogP contribution in [0.25, 0.3) is 0 Å². The quantitative estimate of drug-likeness (QED) is 0.622. The van der Waals surface area contributed by atoms with Gasteiger partial charge >= 0.3 is 5.97 Å². The van der Waals surface area contributed by atoms with E-state index in [9.17, 15) is 9.18 Å². The molecule has 0 saturated heterocycles. The number of rotatable bonds is 3. The van der Waals surface area contributed by atoms with Crippen LogP contribution in [0, 0.1) is 17.1 Å². The summed E-state index contributed by atoms with van der Waals surface area (Å²) in [6, 6.07) is 10.7. The third-order valence-corrected chi connectivity index (χ3v) is 3.33. The Morgan fingerprint density at radius 2 is 1.95 bits per heavy atom. The van der Waals surface area contributed by atoms with E-state index in [-0.39, 0.29) is 22.2 Å². The van der Waals surface area contributed by atoms with Gasteiger partial charge < -0.3 is 4.74 Å².